The van der Waals surface area contributed by atoms with Crippen LogP contribution in [0.3, 0.4) is 0 Å². The maximum atomic E-state index is 12.5. The molecule has 20 heavy (non-hydrogen) atoms. The highest BCUT2D eigenvalue weighted by molar-refractivity contribution is 5.57. The molecule has 0 unspecified atom stereocenters. The molecule has 0 fully saturated rings. The molecule has 0 aliphatic carbocycles. The normalized spacial score (nSPS) is 11.9. The van der Waals surface area contributed by atoms with Crippen molar-refractivity contribution in [3.05, 3.63) is 41.6 Å². The van der Waals surface area contributed by atoms with E-state index in [0.29, 0.717) is 17.2 Å². The highest BCUT2D eigenvalue weighted by Crippen LogP contribution is 2.30. The van der Waals surface area contributed by atoms with Gasteiger partial charge in [-0.15, -0.1) is 0 Å². The van der Waals surface area contributed by atoms with Crippen molar-refractivity contribution >= 4 is 5.82 Å². The highest BCUT2D eigenvalue weighted by atomic mass is 19.4. The van der Waals surface area contributed by atoms with Crippen LogP contribution < -0.4 is 5.73 Å². The number of benzene rings is 1. The molecule has 0 aliphatic heterocycles. The van der Waals surface area contributed by atoms with Gasteiger partial charge < -0.3 is 5.73 Å². The zero-order valence-corrected chi connectivity index (χ0v) is 11.1. The Balaban J connectivity index is 2.41. The average Bonchev–Trinajstić information content (AvgIpc) is 2.37. The minimum Gasteiger partial charge on any atom is -0.384 e. The van der Waals surface area contributed by atoms with Crippen molar-refractivity contribution < 1.29 is 13.2 Å². The number of nitrogens with two attached hydrogens (primary N) is 1. The van der Waals surface area contributed by atoms with E-state index >= 15 is 0 Å². The first kappa shape index (κ1) is 14.3. The van der Waals surface area contributed by atoms with Crippen LogP contribution in [0.15, 0.2) is 30.3 Å². The Morgan fingerprint density at radius 3 is 2.15 bits per heavy atom. The van der Waals surface area contributed by atoms with Crippen LogP contribution in [0, 0.1) is 0 Å². The smallest absolute Gasteiger partial charge is 0.384 e. The number of anilines is 1. The van der Waals surface area contributed by atoms with Crippen LogP contribution in [0.1, 0.15) is 31.0 Å². The summed E-state index contributed by atoms with van der Waals surface area (Å²) < 4.78 is 37.5. The number of hydrogen-bond acceptors (Lipinski definition) is 3. The second kappa shape index (κ2) is 5.11. The summed E-state index contributed by atoms with van der Waals surface area (Å²) in [5.74, 6) is 0.800. The minimum atomic E-state index is -4.35. The predicted molar refractivity (Wildman–Crippen MR) is 71.0 cm³/mol. The summed E-state index contributed by atoms with van der Waals surface area (Å²) in [7, 11) is 0. The van der Waals surface area contributed by atoms with E-state index in [9.17, 15) is 13.2 Å². The summed E-state index contributed by atoms with van der Waals surface area (Å²) in [5.41, 5.74) is 6.27. The number of alkyl halides is 3. The molecule has 2 aromatic rings. The molecule has 6 heteroatoms. The van der Waals surface area contributed by atoms with E-state index in [4.69, 9.17) is 5.73 Å². The summed E-state index contributed by atoms with van der Waals surface area (Å²) in [4.78, 5) is 8.39. The van der Waals surface area contributed by atoms with Gasteiger partial charge in [-0.05, 0) is 18.1 Å². The van der Waals surface area contributed by atoms with Crippen molar-refractivity contribution in [3.63, 3.8) is 0 Å². The van der Waals surface area contributed by atoms with Gasteiger partial charge >= 0.3 is 6.18 Å². The molecule has 1 aromatic heterocycles. The first-order valence-electron chi connectivity index (χ1n) is 6.09. The van der Waals surface area contributed by atoms with Crippen molar-refractivity contribution in [2.45, 2.75) is 25.9 Å². The molecule has 0 aliphatic rings. The molecule has 0 bridgehead atoms. The zero-order chi connectivity index (χ0) is 14.9. The van der Waals surface area contributed by atoms with Crippen molar-refractivity contribution in [2.24, 2.45) is 0 Å². The third-order valence-electron chi connectivity index (χ3n) is 2.83. The zero-order valence-electron chi connectivity index (χ0n) is 11.1. The Bertz CT molecular complexity index is 604. The number of nitrogens with zero attached hydrogens (tertiary/aromatic N) is 2. The van der Waals surface area contributed by atoms with Crippen LogP contribution in [0.2, 0.25) is 0 Å². The first-order chi connectivity index (χ1) is 9.27. The lowest BCUT2D eigenvalue weighted by Crippen LogP contribution is -2.05. The van der Waals surface area contributed by atoms with Gasteiger partial charge in [0.25, 0.3) is 0 Å². The first-order valence-corrected chi connectivity index (χ1v) is 6.09. The van der Waals surface area contributed by atoms with E-state index in [2.05, 4.69) is 9.97 Å². The molecule has 0 saturated carbocycles. The Labute approximate surface area is 114 Å². The quantitative estimate of drug-likeness (QED) is 0.909. The van der Waals surface area contributed by atoms with Gasteiger partial charge in [0.15, 0.2) is 5.82 Å². The maximum Gasteiger partial charge on any atom is 0.416 e. The third-order valence-corrected chi connectivity index (χ3v) is 2.83. The van der Waals surface area contributed by atoms with Gasteiger partial charge in [-0.3, -0.25) is 0 Å². The fourth-order valence-electron chi connectivity index (χ4n) is 1.72. The molecule has 0 spiro atoms. The number of hydrogen-bond donors (Lipinski definition) is 1. The molecule has 0 radical (unpaired) electrons. The number of halogens is 3. The summed E-state index contributed by atoms with van der Waals surface area (Å²) in [5, 5.41) is 0. The maximum absolute atomic E-state index is 12.5. The minimum absolute atomic E-state index is 0.161. The lowest BCUT2D eigenvalue weighted by molar-refractivity contribution is -0.137. The van der Waals surface area contributed by atoms with Crippen molar-refractivity contribution in [2.75, 3.05) is 5.73 Å². The second-order valence-corrected chi connectivity index (χ2v) is 4.77. The summed E-state index contributed by atoms with van der Waals surface area (Å²) >= 11 is 0. The molecule has 0 saturated heterocycles. The highest BCUT2D eigenvalue weighted by Gasteiger charge is 2.30. The van der Waals surface area contributed by atoms with Gasteiger partial charge in [-0.25, -0.2) is 9.97 Å². The number of nitrogen functional groups attached to an aromatic ring is 1. The largest absolute Gasteiger partial charge is 0.416 e. The molecule has 2 rings (SSSR count). The van der Waals surface area contributed by atoms with E-state index < -0.39 is 11.7 Å². The summed E-state index contributed by atoms with van der Waals surface area (Å²) in [6, 6.07) is 6.38. The monoisotopic (exact) mass is 281 g/mol. The van der Waals surface area contributed by atoms with Crippen LogP contribution in [0.25, 0.3) is 11.4 Å². The van der Waals surface area contributed by atoms with Gasteiger partial charge in [-0.1, -0.05) is 26.0 Å². The Hall–Kier alpha value is -2.11. The fourth-order valence-corrected chi connectivity index (χ4v) is 1.72. The Kier molecular flexibility index (Phi) is 3.65. The topological polar surface area (TPSA) is 51.8 Å². The predicted octanol–water partition coefficient (Wildman–Crippen LogP) is 3.87. The molecule has 1 aromatic carbocycles. The summed E-state index contributed by atoms with van der Waals surface area (Å²) in [6.45, 7) is 3.91. The molecule has 2 N–H and O–H groups in total. The van der Waals surface area contributed by atoms with E-state index in [1.54, 1.807) is 6.07 Å². The van der Waals surface area contributed by atoms with Crippen LogP contribution >= 0.6 is 0 Å². The lowest BCUT2D eigenvalue weighted by atomic mass is 10.1. The number of rotatable bonds is 2. The average molecular weight is 281 g/mol. The van der Waals surface area contributed by atoms with E-state index in [0.717, 1.165) is 17.8 Å². The molecule has 1 heterocycles. The SMILES string of the molecule is CC(C)c1cc(N)nc(-c2ccc(C(F)(F)F)cc2)n1. The van der Waals surface area contributed by atoms with Gasteiger partial charge in [0, 0.05) is 17.3 Å². The summed E-state index contributed by atoms with van der Waals surface area (Å²) in [6.07, 6.45) is -4.35. The molecule has 106 valence electrons. The van der Waals surface area contributed by atoms with E-state index in [1.165, 1.54) is 12.1 Å². The standard InChI is InChI=1S/C14H14F3N3/c1-8(2)11-7-12(18)20-13(19-11)9-3-5-10(6-4-9)14(15,16)17/h3-8H,1-2H3,(H2,18,19,20). The molecule has 0 atom stereocenters. The molecule has 3 nitrogen and oxygen atoms in total. The Morgan fingerprint density at radius 1 is 1.05 bits per heavy atom. The Morgan fingerprint density at radius 2 is 1.65 bits per heavy atom. The van der Waals surface area contributed by atoms with Gasteiger partial charge in [-0.2, -0.15) is 13.2 Å². The number of aromatic nitrogens is 2. The van der Waals surface area contributed by atoms with E-state index in [-0.39, 0.29) is 5.92 Å². The third kappa shape index (κ3) is 3.07. The van der Waals surface area contributed by atoms with Crippen molar-refractivity contribution in [3.8, 4) is 11.4 Å². The lowest BCUT2D eigenvalue weighted by Gasteiger charge is -2.10. The van der Waals surface area contributed by atoms with Crippen molar-refractivity contribution in [1.82, 2.24) is 9.97 Å². The van der Waals surface area contributed by atoms with Crippen LogP contribution in [-0.4, -0.2) is 9.97 Å². The van der Waals surface area contributed by atoms with E-state index in [1.807, 2.05) is 13.8 Å². The molecule has 0 amide bonds. The fraction of sp³-hybridized carbons (Fsp3) is 0.286. The van der Waals surface area contributed by atoms with Gasteiger partial charge in [0.2, 0.25) is 0 Å². The van der Waals surface area contributed by atoms with Gasteiger partial charge in [0.05, 0.1) is 5.56 Å². The van der Waals surface area contributed by atoms with Crippen LogP contribution in [0.5, 0.6) is 0 Å². The van der Waals surface area contributed by atoms with Crippen molar-refractivity contribution in [1.29, 1.82) is 0 Å². The second-order valence-electron chi connectivity index (χ2n) is 4.77. The molecular weight excluding hydrogens is 267 g/mol. The molecular formula is C14H14F3N3. The van der Waals surface area contributed by atoms with Crippen LogP contribution in [0.4, 0.5) is 19.0 Å². The van der Waals surface area contributed by atoms with Gasteiger partial charge in [0.1, 0.15) is 5.82 Å². The van der Waals surface area contributed by atoms with Crippen LogP contribution in [-0.2, 0) is 6.18 Å².